The van der Waals surface area contributed by atoms with Gasteiger partial charge in [-0.1, -0.05) is 11.2 Å². The molecule has 7 atom stereocenters. The zero-order chi connectivity index (χ0) is 36.0. The van der Waals surface area contributed by atoms with Crippen molar-refractivity contribution < 1.29 is 52.8 Å². The number of amides is 1. The summed E-state index contributed by atoms with van der Waals surface area (Å²) >= 11 is 1.34. The van der Waals surface area contributed by atoms with Crippen molar-refractivity contribution >= 4 is 29.6 Å². The zero-order valence-corrected chi connectivity index (χ0v) is 29.7. The Morgan fingerprint density at radius 3 is 2.55 bits per heavy atom. The molecule has 1 aromatic heterocycles. The number of likely N-dealkylation sites (N-methyl/N-ethyl adjacent to an activating group) is 1. The topological polar surface area (TPSA) is 182 Å². The lowest BCUT2D eigenvalue weighted by atomic mass is 9.73. The van der Waals surface area contributed by atoms with Gasteiger partial charge in [0.1, 0.15) is 30.4 Å². The minimum atomic E-state index is -1.10. The van der Waals surface area contributed by atoms with Gasteiger partial charge in [-0.25, -0.2) is 4.79 Å². The number of carbonyl (C=O) groups excluding carboxylic acids is 3. The van der Waals surface area contributed by atoms with Gasteiger partial charge >= 0.3 is 11.9 Å². The SMILES string of the molecule is COc1c(C)cc2c(c1O)[C@@H]1[C@@H]3[C@@H]4SC[C@H](NC(=O)c5cc(C)on5)C(=O)OC[C@@H](c5c6c(c(C)c(OC(C)=O)c54)OCO6)N3[C@@H](O)[C@H](C2)N1C. The van der Waals surface area contributed by atoms with Gasteiger partial charge in [0.2, 0.25) is 6.79 Å². The van der Waals surface area contributed by atoms with Crippen LogP contribution in [0.5, 0.6) is 28.7 Å². The first-order chi connectivity index (χ1) is 24.4. The Morgan fingerprint density at radius 1 is 1.08 bits per heavy atom. The Morgan fingerprint density at radius 2 is 1.84 bits per heavy atom. The van der Waals surface area contributed by atoms with Gasteiger partial charge in [0.15, 0.2) is 28.7 Å². The molecule has 2 fully saturated rings. The highest BCUT2D eigenvalue weighted by Gasteiger charge is 2.60. The number of benzene rings is 2. The van der Waals surface area contributed by atoms with E-state index in [0.717, 1.165) is 11.1 Å². The molecule has 6 aliphatic rings. The maximum atomic E-state index is 13.7. The van der Waals surface area contributed by atoms with Crippen molar-refractivity contribution in [2.75, 3.05) is 33.3 Å². The first kappa shape index (κ1) is 33.6. The van der Waals surface area contributed by atoms with Crippen molar-refractivity contribution in [2.24, 2.45) is 0 Å². The fraction of sp³-hybridized carbons (Fsp3) is 0.486. The van der Waals surface area contributed by atoms with Crippen LogP contribution in [0.25, 0.3) is 0 Å². The Labute approximate surface area is 297 Å². The fourth-order valence-corrected chi connectivity index (χ4v) is 10.1. The van der Waals surface area contributed by atoms with Crippen LogP contribution in [-0.2, 0) is 20.7 Å². The summed E-state index contributed by atoms with van der Waals surface area (Å²) in [4.78, 5) is 43.7. The van der Waals surface area contributed by atoms with Crippen molar-refractivity contribution in [2.45, 2.75) is 75.8 Å². The van der Waals surface area contributed by atoms with Gasteiger partial charge < -0.3 is 43.7 Å². The predicted octanol–water partition coefficient (Wildman–Crippen LogP) is 2.75. The molecular formula is C35H38N4O11S. The molecule has 16 heteroatoms. The number of methoxy groups -OCH3 is 1. The average Bonchev–Trinajstić information content (AvgIpc) is 3.76. The third-order valence-electron chi connectivity index (χ3n) is 10.7. The Kier molecular flexibility index (Phi) is 8.12. The second-order valence-corrected chi connectivity index (χ2v) is 14.7. The van der Waals surface area contributed by atoms with E-state index in [1.54, 1.807) is 13.8 Å². The number of carbonyl (C=O) groups is 3. The minimum absolute atomic E-state index is 0.0129. The summed E-state index contributed by atoms with van der Waals surface area (Å²) in [6.45, 7) is 6.31. The second-order valence-electron chi connectivity index (χ2n) is 13.6. The quantitative estimate of drug-likeness (QED) is 0.264. The third kappa shape index (κ3) is 5.05. The van der Waals surface area contributed by atoms with E-state index in [2.05, 4.69) is 15.4 Å². The van der Waals surface area contributed by atoms with E-state index < -0.39 is 59.5 Å². The normalized spacial score (nSPS) is 27.9. The summed E-state index contributed by atoms with van der Waals surface area (Å²) in [6.07, 6.45) is -0.627. The van der Waals surface area contributed by atoms with E-state index in [4.69, 9.17) is 28.2 Å². The maximum Gasteiger partial charge on any atom is 0.329 e. The molecule has 9 rings (SSSR count). The monoisotopic (exact) mass is 722 g/mol. The molecule has 2 aromatic carbocycles. The minimum Gasteiger partial charge on any atom is -0.504 e. The number of nitrogens with zero attached hydrogens (tertiary/aromatic N) is 3. The number of aliphatic hydroxyl groups excluding tert-OH is 1. The van der Waals surface area contributed by atoms with Crippen molar-refractivity contribution in [3.05, 3.63) is 57.0 Å². The van der Waals surface area contributed by atoms with Gasteiger partial charge in [0, 0.05) is 47.0 Å². The number of rotatable bonds is 4. The number of thioether (sulfide) groups is 1. The molecule has 4 bridgehead atoms. The molecule has 3 N–H and O–H groups in total. The van der Waals surface area contributed by atoms with Crippen LogP contribution in [0.2, 0.25) is 0 Å². The van der Waals surface area contributed by atoms with Gasteiger partial charge in [0.05, 0.1) is 30.5 Å². The Balaban J connectivity index is 1.34. The average molecular weight is 723 g/mol. The number of phenols is 1. The molecule has 51 heavy (non-hydrogen) atoms. The lowest BCUT2D eigenvalue weighted by molar-refractivity contribution is -0.184. The number of nitrogens with one attached hydrogen (secondary N) is 1. The molecule has 0 saturated carbocycles. The summed E-state index contributed by atoms with van der Waals surface area (Å²) in [6, 6.07) is 0.0445. The number of hydrogen-bond donors (Lipinski definition) is 3. The Bertz CT molecular complexity index is 1980. The van der Waals surface area contributed by atoms with E-state index in [1.807, 2.05) is 24.9 Å². The van der Waals surface area contributed by atoms with Gasteiger partial charge in [0.25, 0.3) is 5.91 Å². The predicted molar refractivity (Wildman–Crippen MR) is 179 cm³/mol. The number of phenolic OH excluding ortho intramolecular Hbond substituents is 1. The molecule has 270 valence electrons. The molecule has 0 unspecified atom stereocenters. The standard InChI is InChI=1S/C35H38N4O11S/c1-13-7-17-9-20-34(43)39-21-10-46-35(44)19(36-33(42)18-8-14(2)50-37-18)11-51-32(26(39)25(38(20)5)22(17)27(41)28(13)45-6)24-23(21)31-30(47-12-48-31)15(3)29(24)49-16(4)40/h7-8,19-21,25-26,32,34,41,43H,9-12H2,1-6H3,(H,36,42)/t19-,20-,21-,25+,26+,32+,34-/m0/s1. The van der Waals surface area contributed by atoms with E-state index in [0.29, 0.717) is 51.7 Å². The van der Waals surface area contributed by atoms with Crippen molar-refractivity contribution in [3.8, 4) is 28.7 Å². The summed E-state index contributed by atoms with van der Waals surface area (Å²) in [5.41, 5.74) is 4.10. The molecule has 1 amide bonds. The molecule has 7 heterocycles. The molecule has 2 saturated heterocycles. The van der Waals surface area contributed by atoms with Crippen LogP contribution in [0.3, 0.4) is 0 Å². The molecule has 0 aliphatic carbocycles. The number of aryl methyl sites for hydroxylation is 2. The summed E-state index contributed by atoms with van der Waals surface area (Å²) in [5, 5.41) is 30.2. The number of ether oxygens (including phenoxy) is 5. The first-order valence-corrected chi connectivity index (χ1v) is 17.7. The van der Waals surface area contributed by atoms with E-state index in [1.165, 1.54) is 31.9 Å². The molecule has 6 aliphatic heterocycles. The van der Waals surface area contributed by atoms with Crippen molar-refractivity contribution in [3.63, 3.8) is 0 Å². The first-order valence-electron chi connectivity index (χ1n) is 16.6. The summed E-state index contributed by atoms with van der Waals surface area (Å²) in [5.74, 6) is 0.121. The van der Waals surface area contributed by atoms with Crippen molar-refractivity contribution in [1.82, 2.24) is 20.3 Å². The van der Waals surface area contributed by atoms with Crippen LogP contribution in [0.1, 0.15) is 73.9 Å². The highest BCUT2D eigenvalue weighted by atomic mass is 32.2. The van der Waals surface area contributed by atoms with Crippen LogP contribution in [0.15, 0.2) is 16.7 Å². The van der Waals surface area contributed by atoms with Gasteiger partial charge in [-0.3, -0.25) is 19.4 Å². The molecule has 15 nitrogen and oxygen atoms in total. The number of aliphatic hydroxyl groups is 1. The zero-order valence-electron chi connectivity index (χ0n) is 28.8. The van der Waals surface area contributed by atoms with Crippen LogP contribution in [0, 0.1) is 20.8 Å². The number of piperazine rings is 1. The number of esters is 2. The molecule has 0 radical (unpaired) electrons. The number of aromatic nitrogens is 1. The van der Waals surface area contributed by atoms with Crippen LogP contribution in [0.4, 0.5) is 0 Å². The third-order valence-corrected chi connectivity index (χ3v) is 12.1. The largest absolute Gasteiger partial charge is 0.504 e. The second kappa shape index (κ2) is 12.3. The Hall–Kier alpha value is -4.51. The summed E-state index contributed by atoms with van der Waals surface area (Å²) < 4.78 is 34.8. The summed E-state index contributed by atoms with van der Waals surface area (Å²) in [7, 11) is 3.43. The number of fused-ring (bicyclic) bond motifs is 10. The fourth-order valence-electron chi connectivity index (χ4n) is 8.58. The van der Waals surface area contributed by atoms with Gasteiger partial charge in [-0.05, 0) is 45.4 Å². The maximum absolute atomic E-state index is 13.7. The lowest BCUT2D eigenvalue weighted by Crippen LogP contribution is -2.69. The molecular weight excluding hydrogens is 684 g/mol. The van der Waals surface area contributed by atoms with Crippen molar-refractivity contribution in [1.29, 1.82) is 0 Å². The lowest BCUT2D eigenvalue weighted by Gasteiger charge is -2.62. The smallest absolute Gasteiger partial charge is 0.329 e. The molecule has 0 spiro atoms. The number of hydrogen-bond acceptors (Lipinski definition) is 15. The van der Waals surface area contributed by atoms with Crippen LogP contribution < -0.4 is 24.3 Å². The highest BCUT2D eigenvalue weighted by Crippen LogP contribution is 2.63. The molecule has 3 aromatic rings. The van der Waals surface area contributed by atoms with E-state index in [-0.39, 0.29) is 36.3 Å². The van der Waals surface area contributed by atoms with Gasteiger partial charge in [-0.15, -0.1) is 11.8 Å². The van der Waals surface area contributed by atoms with Crippen LogP contribution in [-0.4, -0.2) is 101 Å². The van der Waals surface area contributed by atoms with E-state index >= 15 is 0 Å². The van der Waals surface area contributed by atoms with Crippen LogP contribution >= 0.6 is 11.8 Å². The van der Waals surface area contributed by atoms with Gasteiger partial charge in [-0.2, -0.15) is 0 Å². The van der Waals surface area contributed by atoms with E-state index in [9.17, 15) is 24.6 Å². The highest BCUT2D eigenvalue weighted by molar-refractivity contribution is 7.99. The number of aromatic hydroxyl groups is 1.